The van der Waals surface area contributed by atoms with Crippen LogP contribution in [0.2, 0.25) is 0 Å². The van der Waals surface area contributed by atoms with Crippen molar-refractivity contribution in [3.8, 4) is 33.4 Å². The third kappa shape index (κ3) is 12.0. The fourth-order valence-electron chi connectivity index (χ4n) is 9.51. The van der Waals surface area contributed by atoms with Crippen molar-refractivity contribution in [3.63, 3.8) is 0 Å². The second kappa shape index (κ2) is 22.6. The Morgan fingerprint density at radius 1 is 0.385 bits per heavy atom. The first kappa shape index (κ1) is 51.2. The van der Waals surface area contributed by atoms with Gasteiger partial charge in [-0.25, -0.2) is 0 Å². The van der Waals surface area contributed by atoms with Crippen molar-refractivity contribution in [2.45, 2.75) is 142 Å². The quantitative estimate of drug-likeness (QED) is 0.0786. The molecular weight excluding hydrogens is 818 g/mol. The van der Waals surface area contributed by atoms with E-state index < -0.39 is 0 Å². The molecule has 6 aromatic rings. The zero-order valence-electron chi connectivity index (χ0n) is 41.5. The molecule has 8 heteroatoms. The van der Waals surface area contributed by atoms with E-state index in [-0.39, 0.29) is 12.4 Å². The van der Waals surface area contributed by atoms with E-state index in [0.717, 1.165) is 70.1 Å². The molecular formula is C57H76ClN7. The highest BCUT2D eigenvalue weighted by atomic mass is 35.5. The molecule has 65 heavy (non-hydrogen) atoms. The lowest BCUT2D eigenvalue weighted by Crippen LogP contribution is -2.28. The Kier molecular flexibility index (Phi) is 17.8. The van der Waals surface area contributed by atoms with Gasteiger partial charge >= 0.3 is 0 Å². The van der Waals surface area contributed by atoms with Crippen molar-refractivity contribution in [3.05, 3.63) is 157 Å². The Hall–Kier alpha value is -4.76. The van der Waals surface area contributed by atoms with Crippen LogP contribution in [-0.4, -0.2) is 19.9 Å². The van der Waals surface area contributed by atoms with E-state index in [1.165, 1.54) is 66.8 Å². The van der Waals surface area contributed by atoms with Crippen LogP contribution in [0, 0.1) is 59.3 Å². The summed E-state index contributed by atoms with van der Waals surface area (Å²) < 4.78 is 0. The summed E-state index contributed by atoms with van der Waals surface area (Å²) in [5, 5.41) is 0. The largest absolute Gasteiger partial charge is 0.326 e. The average molecular weight is 895 g/mol. The number of aromatic nitrogens is 3. The maximum Gasteiger partial charge on any atom is 0.0460 e. The highest BCUT2D eigenvalue weighted by Gasteiger charge is 2.28. The SMILES string of the molecule is Cc1ccc(-c2c(CN)c(C)nc(CC(C)C)c2CN(Cc2c(CC(C)C)nc(C)c(CN)c2-c2ccc(C)cc2)Cc2c(CC(C)C)nc(C)c(CN)c2-c2ccc(C)cc2)cc1.Cl. The minimum Gasteiger partial charge on any atom is -0.326 e. The van der Waals surface area contributed by atoms with Gasteiger partial charge < -0.3 is 17.2 Å². The molecule has 0 amide bonds. The topological polar surface area (TPSA) is 120 Å². The summed E-state index contributed by atoms with van der Waals surface area (Å²) >= 11 is 0. The normalized spacial score (nSPS) is 11.7. The van der Waals surface area contributed by atoms with E-state index in [2.05, 4.69) is 161 Å². The predicted octanol–water partition coefficient (Wildman–Crippen LogP) is 12.3. The molecule has 0 saturated heterocycles. The molecule has 346 valence electrons. The van der Waals surface area contributed by atoms with E-state index in [4.69, 9.17) is 32.2 Å². The number of rotatable bonds is 18. The van der Waals surface area contributed by atoms with Gasteiger partial charge in [0.1, 0.15) is 0 Å². The Morgan fingerprint density at radius 3 is 0.815 bits per heavy atom. The summed E-state index contributed by atoms with van der Waals surface area (Å²) in [6.07, 6.45) is 2.54. The molecule has 3 heterocycles. The van der Waals surface area contributed by atoms with Crippen molar-refractivity contribution >= 4 is 12.4 Å². The van der Waals surface area contributed by atoms with Crippen LogP contribution in [0.15, 0.2) is 72.8 Å². The molecule has 0 fully saturated rings. The van der Waals surface area contributed by atoms with Crippen molar-refractivity contribution in [2.75, 3.05) is 0 Å². The summed E-state index contributed by atoms with van der Waals surface area (Å²) in [6.45, 7) is 29.6. The Bertz CT molecular complexity index is 2260. The van der Waals surface area contributed by atoms with E-state index >= 15 is 0 Å². The second-order valence-electron chi connectivity index (χ2n) is 19.6. The first-order chi connectivity index (χ1) is 30.5. The fourth-order valence-corrected chi connectivity index (χ4v) is 9.51. The summed E-state index contributed by atoms with van der Waals surface area (Å²) in [7, 11) is 0. The second-order valence-corrected chi connectivity index (χ2v) is 19.6. The van der Waals surface area contributed by atoms with Crippen molar-refractivity contribution in [2.24, 2.45) is 35.0 Å². The summed E-state index contributed by atoms with van der Waals surface area (Å²) in [5.74, 6) is 1.19. The third-order valence-electron chi connectivity index (χ3n) is 12.7. The van der Waals surface area contributed by atoms with Crippen LogP contribution < -0.4 is 17.2 Å². The van der Waals surface area contributed by atoms with Crippen LogP contribution in [0.25, 0.3) is 33.4 Å². The third-order valence-corrected chi connectivity index (χ3v) is 12.7. The lowest BCUT2D eigenvalue weighted by molar-refractivity contribution is 0.244. The Labute approximate surface area is 397 Å². The molecule has 3 aromatic heterocycles. The number of pyridine rings is 3. The molecule has 0 aliphatic heterocycles. The molecule has 6 rings (SSSR count). The monoisotopic (exact) mass is 894 g/mol. The van der Waals surface area contributed by atoms with Gasteiger partial charge in [0.05, 0.1) is 0 Å². The van der Waals surface area contributed by atoms with Gasteiger partial charge in [0, 0.05) is 73.4 Å². The molecule has 0 spiro atoms. The molecule has 0 atom stereocenters. The Morgan fingerprint density at radius 2 is 0.615 bits per heavy atom. The number of nitrogens with zero attached hydrogens (tertiary/aromatic N) is 4. The summed E-state index contributed by atoms with van der Waals surface area (Å²) in [4.78, 5) is 18.9. The first-order valence-corrected chi connectivity index (χ1v) is 23.6. The van der Waals surface area contributed by atoms with Gasteiger partial charge in [-0.05, 0) is 145 Å². The van der Waals surface area contributed by atoms with Gasteiger partial charge in [0.25, 0.3) is 0 Å². The van der Waals surface area contributed by atoms with Crippen molar-refractivity contribution in [1.82, 2.24) is 19.9 Å². The number of hydrogen-bond acceptors (Lipinski definition) is 7. The number of benzene rings is 3. The van der Waals surface area contributed by atoms with E-state index in [0.29, 0.717) is 57.0 Å². The minimum atomic E-state index is 0. The highest BCUT2D eigenvalue weighted by molar-refractivity contribution is 5.85. The van der Waals surface area contributed by atoms with Crippen LogP contribution in [0.5, 0.6) is 0 Å². The minimum absolute atomic E-state index is 0. The molecule has 7 nitrogen and oxygen atoms in total. The molecule has 0 bridgehead atoms. The molecule has 0 aliphatic rings. The van der Waals surface area contributed by atoms with E-state index in [9.17, 15) is 0 Å². The molecule has 3 aromatic carbocycles. The van der Waals surface area contributed by atoms with E-state index in [1.807, 2.05) is 0 Å². The smallest absolute Gasteiger partial charge is 0.0460 e. The van der Waals surface area contributed by atoms with Crippen molar-refractivity contribution in [1.29, 1.82) is 0 Å². The lowest BCUT2D eigenvalue weighted by atomic mass is 9.87. The van der Waals surface area contributed by atoms with Gasteiger partial charge in [-0.3, -0.25) is 19.9 Å². The number of aryl methyl sites for hydroxylation is 6. The van der Waals surface area contributed by atoms with Crippen LogP contribution in [0.1, 0.15) is 126 Å². The molecule has 0 unspecified atom stereocenters. The van der Waals surface area contributed by atoms with Crippen LogP contribution in [-0.2, 0) is 58.5 Å². The van der Waals surface area contributed by atoms with Crippen molar-refractivity contribution < 1.29 is 0 Å². The number of halogens is 1. The van der Waals surface area contributed by atoms with Gasteiger partial charge in [-0.1, -0.05) is 131 Å². The van der Waals surface area contributed by atoms with Crippen LogP contribution >= 0.6 is 12.4 Å². The average Bonchev–Trinajstić information content (AvgIpc) is 3.23. The zero-order chi connectivity index (χ0) is 46.4. The summed E-state index contributed by atoms with van der Waals surface area (Å²) in [6, 6.07) is 26.9. The fraction of sp³-hybridized carbons (Fsp3) is 0.421. The standard InChI is InChI=1S/C57H75N7.ClH/c1-34(2)25-52-49(55(46(28-58)40(10)61-52)43-19-13-37(7)14-20-43)31-64(32-50-53(26-35(3)4)62-41(11)47(29-59)56(50)44-21-15-38(8)16-22-44)33-51-54(27-36(5)6)63-42(12)48(30-60)57(51)45-23-17-39(9)18-24-45;/h13-24,34-36H,25-33,58-60H2,1-12H3;1H. The maximum atomic E-state index is 6.74. The van der Waals surface area contributed by atoms with Gasteiger partial charge in [-0.2, -0.15) is 0 Å². The number of hydrogen-bond donors (Lipinski definition) is 3. The molecule has 0 aliphatic carbocycles. The number of nitrogens with two attached hydrogens (primary N) is 3. The lowest BCUT2D eigenvalue weighted by Gasteiger charge is -2.32. The summed E-state index contributed by atoms with van der Waals surface area (Å²) in [5.41, 5.74) is 44.3. The van der Waals surface area contributed by atoms with Crippen LogP contribution in [0.4, 0.5) is 0 Å². The zero-order valence-corrected chi connectivity index (χ0v) is 42.3. The maximum absolute atomic E-state index is 6.74. The van der Waals surface area contributed by atoms with Gasteiger partial charge in [0.15, 0.2) is 0 Å². The van der Waals surface area contributed by atoms with Gasteiger partial charge in [0.2, 0.25) is 0 Å². The molecule has 6 N–H and O–H groups in total. The first-order valence-electron chi connectivity index (χ1n) is 23.6. The Balaban J connectivity index is 0.00000793. The van der Waals surface area contributed by atoms with Crippen LogP contribution in [0.3, 0.4) is 0 Å². The van der Waals surface area contributed by atoms with Gasteiger partial charge in [-0.15, -0.1) is 12.4 Å². The molecule has 0 saturated carbocycles. The molecule has 0 radical (unpaired) electrons. The highest BCUT2D eigenvalue weighted by Crippen LogP contribution is 2.39. The predicted molar refractivity (Wildman–Crippen MR) is 277 cm³/mol. The van der Waals surface area contributed by atoms with E-state index in [1.54, 1.807) is 0 Å².